The first-order chi connectivity index (χ1) is 6.14. The standard InChI is InChI=1S/C9H19N3O/c1-3-12-6-4-9(11-2,5-7-12)8(10)13/h11H,3-7H2,1-2H3,(H2,10,13). The van der Waals surface area contributed by atoms with E-state index < -0.39 is 5.54 Å². The average molecular weight is 185 g/mol. The van der Waals surface area contributed by atoms with Crippen LogP contribution in [0.2, 0.25) is 0 Å². The van der Waals surface area contributed by atoms with Gasteiger partial charge in [-0.05, 0) is 26.4 Å². The Morgan fingerprint density at radius 3 is 2.38 bits per heavy atom. The van der Waals surface area contributed by atoms with Gasteiger partial charge in [0.2, 0.25) is 5.91 Å². The number of piperidine rings is 1. The van der Waals surface area contributed by atoms with Crippen LogP contribution in [0, 0.1) is 0 Å². The van der Waals surface area contributed by atoms with Crippen LogP contribution >= 0.6 is 0 Å². The van der Waals surface area contributed by atoms with Crippen LogP contribution in [0.25, 0.3) is 0 Å². The molecule has 76 valence electrons. The Balaban J connectivity index is 2.58. The SMILES string of the molecule is CCN1CCC(NC)(C(N)=O)CC1. The minimum atomic E-state index is -0.453. The topological polar surface area (TPSA) is 58.4 Å². The van der Waals surface area contributed by atoms with Gasteiger partial charge in [-0.15, -0.1) is 0 Å². The highest BCUT2D eigenvalue weighted by atomic mass is 16.1. The molecule has 0 unspecified atom stereocenters. The number of amides is 1. The van der Waals surface area contributed by atoms with Crippen LogP contribution in [0.3, 0.4) is 0 Å². The van der Waals surface area contributed by atoms with Crippen molar-refractivity contribution in [2.24, 2.45) is 5.73 Å². The van der Waals surface area contributed by atoms with E-state index in [0.29, 0.717) is 0 Å². The molecule has 0 spiro atoms. The van der Waals surface area contributed by atoms with Gasteiger partial charge in [0.15, 0.2) is 0 Å². The molecule has 4 nitrogen and oxygen atoms in total. The van der Waals surface area contributed by atoms with Gasteiger partial charge < -0.3 is 16.0 Å². The third kappa shape index (κ3) is 2.00. The largest absolute Gasteiger partial charge is 0.368 e. The van der Waals surface area contributed by atoms with E-state index in [2.05, 4.69) is 17.1 Å². The van der Waals surface area contributed by atoms with Crippen molar-refractivity contribution in [3.8, 4) is 0 Å². The molecule has 13 heavy (non-hydrogen) atoms. The van der Waals surface area contributed by atoms with Crippen LogP contribution in [0.4, 0.5) is 0 Å². The number of rotatable bonds is 3. The van der Waals surface area contributed by atoms with Crippen molar-refractivity contribution >= 4 is 5.91 Å². The Labute approximate surface area is 79.5 Å². The van der Waals surface area contributed by atoms with Crippen molar-refractivity contribution in [2.45, 2.75) is 25.3 Å². The second-order valence-corrected chi connectivity index (χ2v) is 3.63. The maximum atomic E-state index is 11.2. The summed E-state index contributed by atoms with van der Waals surface area (Å²) in [5.74, 6) is -0.217. The summed E-state index contributed by atoms with van der Waals surface area (Å²) in [4.78, 5) is 13.6. The zero-order chi connectivity index (χ0) is 9.90. The summed E-state index contributed by atoms with van der Waals surface area (Å²) in [6.45, 7) is 5.11. The fourth-order valence-electron chi connectivity index (χ4n) is 1.87. The van der Waals surface area contributed by atoms with Crippen molar-refractivity contribution in [1.29, 1.82) is 0 Å². The Morgan fingerprint density at radius 1 is 1.54 bits per heavy atom. The molecule has 1 rings (SSSR count). The number of carbonyl (C=O) groups is 1. The van der Waals surface area contributed by atoms with Crippen molar-refractivity contribution in [3.63, 3.8) is 0 Å². The van der Waals surface area contributed by atoms with Crippen molar-refractivity contribution in [2.75, 3.05) is 26.7 Å². The maximum Gasteiger partial charge on any atom is 0.237 e. The highest BCUT2D eigenvalue weighted by Gasteiger charge is 2.37. The number of carbonyl (C=O) groups excluding carboxylic acids is 1. The van der Waals surface area contributed by atoms with E-state index in [1.807, 2.05) is 7.05 Å². The summed E-state index contributed by atoms with van der Waals surface area (Å²) in [6, 6.07) is 0. The Morgan fingerprint density at radius 2 is 2.08 bits per heavy atom. The van der Waals surface area contributed by atoms with E-state index in [-0.39, 0.29) is 5.91 Å². The molecule has 1 amide bonds. The van der Waals surface area contributed by atoms with Crippen LogP contribution < -0.4 is 11.1 Å². The number of likely N-dealkylation sites (N-methyl/N-ethyl adjacent to an activating group) is 1. The molecule has 1 fully saturated rings. The molecular formula is C9H19N3O. The van der Waals surface area contributed by atoms with Gasteiger partial charge >= 0.3 is 0 Å². The van der Waals surface area contributed by atoms with Crippen molar-refractivity contribution < 1.29 is 4.79 Å². The summed E-state index contributed by atoms with van der Waals surface area (Å²) >= 11 is 0. The summed E-state index contributed by atoms with van der Waals surface area (Å²) in [5.41, 5.74) is 4.93. The van der Waals surface area contributed by atoms with E-state index >= 15 is 0 Å². The van der Waals surface area contributed by atoms with Crippen LogP contribution in [-0.4, -0.2) is 43.0 Å². The monoisotopic (exact) mass is 185 g/mol. The molecular weight excluding hydrogens is 166 g/mol. The number of nitrogens with zero attached hydrogens (tertiary/aromatic N) is 1. The highest BCUT2D eigenvalue weighted by Crippen LogP contribution is 2.21. The maximum absolute atomic E-state index is 11.2. The van der Waals surface area contributed by atoms with Gasteiger partial charge in [0, 0.05) is 13.1 Å². The van der Waals surface area contributed by atoms with Crippen LogP contribution in [-0.2, 0) is 4.79 Å². The van der Waals surface area contributed by atoms with E-state index in [0.717, 1.165) is 32.5 Å². The van der Waals surface area contributed by atoms with E-state index in [1.165, 1.54) is 0 Å². The van der Waals surface area contributed by atoms with Gasteiger partial charge in [-0.3, -0.25) is 4.79 Å². The van der Waals surface area contributed by atoms with Gasteiger partial charge in [-0.1, -0.05) is 6.92 Å². The fraction of sp³-hybridized carbons (Fsp3) is 0.889. The predicted octanol–water partition coefficient (Wildman–Crippen LogP) is -0.454. The second kappa shape index (κ2) is 4.07. The summed E-state index contributed by atoms with van der Waals surface area (Å²) in [6.07, 6.45) is 1.65. The molecule has 3 N–H and O–H groups in total. The van der Waals surface area contributed by atoms with Crippen LogP contribution in [0.1, 0.15) is 19.8 Å². The lowest BCUT2D eigenvalue weighted by Gasteiger charge is -2.39. The van der Waals surface area contributed by atoms with Gasteiger partial charge in [-0.2, -0.15) is 0 Å². The molecule has 0 radical (unpaired) electrons. The zero-order valence-corrected chi connectivity index (χ0v) is 8.47. The Bertz CT molecular complexity index is 185. The number of likely N-dealkylation sites (tertiary alicyclic amines) is 1. The lowest BCUT2D eigenvalue weighted by molar-refractivity contribution is -0.126. The molecule has 0 aliphatic carbocycles. The molecule has 0 bridgehead atoms. The molecule has 1 aliphatic heterocycles. The number of hydrogen-bond donors (Lipinski definition) is 2. The summed E-state index contributed by atoms with van der Waals surface area (Å²) in [5, 5.41) is 3.06. The van der Waals surface area contributed by atoms with Gasteiger partial charge in [0.05, 0.1) is 5.54 Å². The molecule has 1 aliphatic rings. The quantitative estimate of drug-likeness (QED) is 0.626. The molecule has 0 atom stereocenters. The highest BCUT2D eigenvalue weighted by molar-refractivity contribution is 5.84. The number of nitrogens with two attached hydrogens (primary N) is 1. The number of primary amides is 1. The first kappa shape index (κ1) is 10.5. The normalized spacial score (nSPS) is 22.9. The molecule has 1 saturated heterocycles. The lowest BCUT2D eigenvalue weighted by atomic mass is 9.87. The van der Waals surface area contributed by atoms with E-state index in [4.69, 9.17) is 5.73 Å². The van der Waals surface area contributed by atoms with Gasteiger partial charge in [0.25, 0.3) is 0 Å². The van der Waals surface area contributed by atoms with Gasteiger partial charge in [-0.25, -0.2) is 0 Å². The summed E-state index contributed by atoms with van der Waals surface area (Å²) in [7, 11) is 1.81. The molecule has 0 saturated carbocycles. The smallest absolute Gasteiger partial charge is 0.237 e. The molecule has 0 aromatic heterocycles. The predicted molar refractivity (Wildman–Crippen MR) is 52.3 cm³/mol. The fourth-order valence-corrected chi connectivity index (χ4v) is 1.87. The Kier molecular flexibility index (Phi) is 3.27. The number of nitrogens with one attached hydrogen (secondary N) is 1. The number of hydrogen-bond acceptors (Lipinski definition) is 3. The molecule has 0 aromatic rings. The minimum absolute atomic E-state index is 0.217. The Hall–Kier alpha value is -0.610. The minimum Gasteiger partial charge on any atom is -0.368 e. The van der Waals surface area contributed by atoms with E-state index in [1.54, 1.807) is 0 Å². The average Bonchev–Trinajstić information content (AvgIpc) is 2.17. The first-order valence-corrected chi connectivity index (χ1v) is 4.86. The van der Waals surface area contributed by atoms with Crippen molar-refractivity contribution in [3.05, 3.63) is 0 Å². The third-order valence-electron chi connectivity index (χ3n) is 3.11. The third-order valence-corrected chi connectivity index (χ3v) is 3.11. The molecule has 1 heterocycles. The van der Waals surface area contributed by atoms with E-state index in [9.17, 15) is 4.79 Å². The van der Waals surface area contributed by atoms with Gasteiger partial charge in [0.1, 0.15) is 0 Å². The first-order valence-electron chi connectivity index (χ1n) is 4.86. The lowest BCUT2D eigenvalue weighted by Crippen LogP contribution is -2.59. The zero-order valence-electron chi connectivity index (χ0n) is 8.47. The van der Waals surface area contributed by atoms with Crippen LogP contribution in [0.5, 0.6) is 0 Å². The summed E-state index contributed by atoms with van der Waals surface area (Å²) < 4.78 is 0. The molecule has 4 heteroatoms. The van der Waals surface area contributed by atoms with Crippen molar-refractivity contribution in [1.82, 2.24) is 10.2 Å². The molecule has 0 aromatic carbocycles. The second-order valence-electron chi connectivity index (χ2n) is 3.63. The van der Waals surface area contributed by atoms with Crippen LogP contribution in [0.15, 0.2) is 0 Å².